The van der Waals surface area contributed by atoms with Gasteiger partial charge in [0, 0.05) is 30.2 Å². The molecule has 0 radical (unpaired) electrons. The minimum atomic E-state index is -3.07. The Hall–Kier alpha value is -0.500. The average Bonchev–Trinajstić information content (AvgIpc) is 2.77. The molecule has 0 atom stereocenters. The maximum absolute atomic E-state index is 11.5. The number of aryl methyl sites for hydroxylation is 1. The molecular weight excluding hydrogens is 282 g/mol. The van der Waals surface area contributed by atoms with Crippen molar-refractivity contribution in [3.63, 3.8) is 0 Å². The first-order valence-electron chi connectivity index (χ1n) is 6.62. The van der Waals surface area contributed by atoms with Crippen LogP contribution in [0.2, 0.25) is 0 Å². The lowest BCUT2D eigenvalue weighted by atomic mass is 10.1. The molecule has 0 spiro atoms. The number of rotatable bonds is 5. The largest absolute Gasteiger partial charge is 0.297 e. The molecule has 5 nitrogen and oxygen atoms in total. The van der Waals surface area contributed by atoms with Gasteiger partial charge in [-0.2, -0.15) is 0 Å². The maximum Gasteiger partial charge on any atom is 0.211 e. The summed E-state index contributed by atoms with van der Waals surface area (Å²) in [7, 11) is -3.07. The molecule has 0 saturated carbocycles. The molecule has 1 aromatic heterocycles. The number of piperidine rings is 1. The quantitative estimate of drug-likeness (QED) is 0.892. The van der Waals surface area contributed by atoms with Crippen molar-refractivity contribution < 1.29 is 8.42 Å². The highest BCUT2D eigenvalue weighted by molar-refractivity contribution is 7.89. The van der Waals surface area contributed by atoms with Crippen LogP contribution in [-0.4, -0.2) is 43.2 Å². The third-order valence-electron chi connectivity index (χ3n) is 3.34. The van der Waals surface area contributed by atoms with Gasteiger partial charge in [-0.05, 0) is 26.7 Å². The van der Waals surface area contributed by atoms with E-state index in [1.54, 1.807) is 18.3 Å². The van der Waals surface area contributed by atoms with Crippen LogP contribution in [-0.2, 0) is 16.6 Å². The highest BCUT2D eigenvalue weighted by Gasteiger charge is 2.23. The SMILES string of the molecule is CCS(=O)(=O)NC1CCN(Cc2ncc(C)s2)CC1. The summed E-state index contributed by atoms with van der Waals surface area (Å²) in [5.41, 5.74) is 0. The van der Waals surface area contributed by atoms with Gasteiger partial charge in [-0.1, -0.05) is 0 Å². The highest BCUT2D eigenvalue weighted by atomic mass is 32.2. The van der Waals surface area contributed by atoms with Crippen LogP contribution in [0, 0.1) is 6.92 Å². The van der Waals surface area contributed by atoms with E-state index in [2.05, 4.69) is 21.5 Å². The molecule has 2 rings (SSSR count). The van der Waals surface area contributed by atoms with E-state index in [0.717, 1.165) is 37.5 Å². The van der Waals surface area contributed by atoms with Crippen molar-refractivity contribution in [2.45, 2.75) is 39.3 Å². The number of hydrogen-bond acceptors (Lipinski definition) is 5. The minimum Gasteiger partial charge on any atom is -0.297 e. The number of aromatic nitrogens is 1. The zero-order chi connectivity index (χ0) is 13.9. The van der Waals surface area contributed by atoms with E-state index in [4.69, 9.17) is 0 Å². The first-order chi connectivity index (χ1) is 8.98. The Labute approximate surface area is 119 Å². The second kappa shape index (κ2) is 6.30. The van der Waals surface area contributed by atoms with Crippen LogP contribution in [0.25, 0.3) is 0 Å². The number of thiazole rings is 1. The number of likely N-dealkylation sites (tertiary alicyclic amines) is 1. The molecule has 1 aromatic rings. The predicted molar refractivity (Wildman–Crippen MR) is 77.7 cm³/mol. The van der Waals surface area contributed by atoms with E-state index in [1.165, 1.54) is 4.88 Å². The van der Waals surface area contributed by atoms with Gasteiger partial charge in [0.05, 0.1) is 12.3 Å². The molecule has 0 bridgehead atoms. The van der Waals surface area contributed by atoms with E-state index >= 15 is 0 Å². The standard InChI is InChI=1S/C12H21N3O2S2/c1-3-19(16,17)14-11-4-6-15(7-5-11)9-12-13-8-10(2)18-12/h8,11,14H,3-7,9H2,1-2H3. The molecule has 0 unspecified atom stereocenters. The van der Waals surface area contributed by atoms with Crippen LogP contribution in [0.3, 0.4) is 0 Å². The second-order valence-corrected chi connectivity index (χ2v) is 8.30. The Morgan fingerprint density at radius 1 is 1.47 bits per heavy atom. The monoisotopic (exact) mass is 303 g/mol. The number of nitrogens with zero attached hydrogens (tertiary/aromatic N) is 2. The molecule has 2 heterocycles. The number of nitrogens with one attached hydrogen (secondary N) is 1. The van der Waals surface area contributed by atoms with Crippen molar-refractivity contribution >= 4 is 21.4 Å². The predicted octanol–water partition coefficient (Wildman–Crippen LogP) is 1.36. The van der Waals surface area contributed by atoms with Crippen LogP contribution in [0.15, 0.2) is 6.20 Å². The van der Waals surface area contributed by atoms with Gasteiger partial charge < -0.3 is 0 Å². The van der Waals surface area contributed by atoms with Crippen LogP contribution >= 0.6 is 11.3 Å². The van der Waals surface area contributed by atoms with Gasteiger partial charge in [0.25, 0.3) is 0 Å². The zero-order valence-electron chi connectivity index (χ0n) is 11.4. The summed E-state index contributed by atoms with van der Waals surface area (Å²) in [6, 6.07) is 0.0965. The average molecular weight is 303 g/mol. The molecule has 108 valence electrons. The van der Waals surface area contributed by atoms with Crippen molar-refractivity contribution in [3.8, 4) is 0 Å². The topological polar surface area (TPSA) is 62.3 Å². The van der Waals surface area contributed by atoms with Crippen LogP contribution < -0.4 is 4.72 Å². The molecule has 0 aromatic carbocycles. The van der Waals surface area contributed by atoms with E-state index < -0.39 is 10.0 Å². The molecule has 1 aliphatic heterocycles. The molecule has 0 amide bonds. The van der Waals surface area contributed by atoms with Crippen molar-refractivity contribution in [2.24, 2.45) is 0 Å². The highest BCUT2D eigenvalue weighted by Crippen LogP contribution is 2.17. The molecule has 1 N–H and O–H groups in total. The Kier molecular flexibility index (Phi) is 4.94. The fourth-order valence-electron chi connectivity index (χ4n) is 2.21. The van der Waals surface area contributed by atoms with Crippen molar-refractivity contribution in [1.82, 2.24) is 14.6 Å². The molecular formula is C12H21N3O2S2. The lowest BCUT2D eigenvalue weighted by molar-refractivity contribution is 0.200. The van der Waals surface area contributed by atoms with Gasteiger partial charge in [-0.3, -0.25) is 4.90 Å². The summed E-state index contributed by atoms with van der Waals surface area (Å²) in [5.74, 6) is 0.158. The van der Waals surface area contributed by atoms with Crippen molar-refractivity contribution in [2.75, 3.05) is 18.8 Å². The molecule has 0 aliphatic carbocycles. The van der Waals surface area contributed by atoms with Gasteiger partial charge >= 0.3 is 0 Å². The van der Waals surface area contributed by atoms with E-state index in [0.29, 0.717) is 0 Å². The third-order valence-corrected chi connectivity index (χ3v) is 5.69. The van der Waals surface area contributed by atoms with Gasteiger partial charge in [0.1, 0.15) is 5.01 Å². The zero-order valence-corrected chi connectivity index (χ0v) is 13.1. The summed E-state index contributed by atoms with van der Waals surface area (Å²) >= 11 is 1.73. The molecule has 1 aliphatic rings. The number of hydrogen-bond donors (Lipinski definition) is 1. The molecule has 1 saturated heterocycles. The van der Waals surface area contributed by atoms with Gasteiger partial charge in [0.15, 0.2) is 0 Å². The molecule has 7 heteroatoms. The molecule has 19 heavy (non-hydrogen) atoms. The summed E-state index contributed by atoms with van der Waals surface area (Å²) in [5, 5.41) is 1.14. The van der Waals surface area contributed by atoms with E-state index in [1.807, 2.05) is 6.20 Å². The third kappa shape index (κ3) is 4.52. The lowest BCUT2D eigenvalue weighted by Crippen LogP contribution is -2.44. The first-order valence-corrected chi connectivity index (χ1v) is 9.09. The Bertz CT molecular complexity index is 505. The fourth-order valence-corrected chi connectivity index (χ4v) is 3.95. The second-order valence-electron chi connectivity index (χ2n) is 4.94. The van der Waals surface area contributed by atoms with Crippen LogP contribution in [0.5, 0.6) is 0 Å². The molecule has 1 fully saturated rings. The minimum absolute atomic E-state index is 0.0965. The van der Waals surface area contributed by atoms with Crippen LogP contribution in [0.1, 0.15) is 29.7 Å². The Morgan fingerprint density at radius 2 is 2.16 bits per heavy atom. The van der Waals surface area contributed by atoms with E-state index in [-0.39, 0.29) is 11.8 Å². The first kappa shape index (κ1) is 14.9. The Morgan fingerprint density at radius 3 is 2.68 bits per heavy atom. The Balaban J connectivity index is 1.79. The van der Waals surface area contributed by atoms with Gasteiger partial charge in [0.2, 0.25) is 10.0 Å². The summed E-state index contributed by atoms with van der Waals surface area (Å²) < 4.78 is 25.8. The van der Waals surface area contributed by atoms with Crippen molar-refractivity contribution in [1.29, 1.82) is 0 Å². The fraction of sp³-hybridized carbons (Fsp3) is 0.750. The van der Waals surface area contributed by atoms with Gasteiger partial charge in [-0.15, -0.1) is 11.3 Å². The van der Waals surface area contributed by atoms with Crippen LogP contribution in [0.4, 0.5) is 0 Å². The maximum atomic E-state index is 11.5. The summed E-state index contributed by atoms with van der Waals surface area (Å²) in [6.07, 6.45) is 3.66. The summed E-state index contributed by atoms with van der Waals surface area (Å²) in [6.45, 7) is 6.46. The lowest BCUT2D eigenvalue weighted by Gasteiger charge is -2.31. The smallest absolute Gasteiger partial charge is 0.211 e. The number of sulfonamides is 1. The van der Waals surface area contributed by atoms with Gasteiger partial charge in [-0.25, -0.2) is 18.1 Å². The van der Waals surface area contributed by atoms with E-state index in [9.17, 15) is 8.42 Å². The van der Waals surface area contributed by atoms with Crippen molar-refractivity contribution in [3.05, 3.63) is 16.1 Å². The normalized spacial score (nSPS) is 18.8. The summed E-state index contributed by atoms with van der Waals surface area (Å²) in [4.78, 5) is 7.95.